The van der Waals surface area contributed by atoms with Crippen LogP contribution in [0.5, 0.6) is 0 Å². The Balaban J connectivity index is 1.51. The van der Waals surface area contributed by atoms with Gasteiger partial charge >= 0.3 is 0 Å². The van der Waals surface area contributed by atoms with Gasteiger partial charge in [-0.3, -0.25) is 4.99 Å². The molecule has 0 saturated carbocycles. The van der Waals surface area contributed by atoms with Crippen LogP contribution in [0.4, 0.5) is 5.69 Å². The molecule has 0 radical (unpaired) electrons. The van der Waals surface area contributed by atoms with Gasteiger partial charge in [-0.05, 0) is 25.5 Å². The van der Waals surface area contributed by atoms with Crippen molar-refractivity contribution in [2.45, 2.75) is 52.1 Å². The third-order valence-electron chi connectivity index (χ3n) is 4.85. The average Bonchev–Trinajstić information content (AvgIpc) is 3.28. The zero-order valence-corrected chi connectivity index (χ0v) is 17.0. The van der Waals surface area contributed by atoms with Crippen LogP contribution >= 0.6 is 0 Å². The molecule has 1 aliphatic heterocycles. The smallest absolute Gasteiger partial charge is 0.213 e. The Morgan fingerprint density at radius 3 is 2.67 bits per heavy atom. The van der Waals surface area contributed by atoms with Crippen LogP contribution in [0.1, 0.15) is 44.4 Å². The molecule has 2 heterocycles. The molecule has 1 fully saturated rings. The molecule has 1 aromatic carbocycles. The summed E-state index contributed by atoms with van der Waals surface area (Å²) in [4.78, 5) is 11.1. The third-order valence-corrected chi connectivity index (χ3v) is 4.85. The third kappa shape index (κ3) is 5.02. The lowest BCUT2D eigenvalue weighted by atomic mass is 9.94. The van der Waals surface area contributed by atoms with Crippen molar-refractivity contribution in [3.8, 4) is 0 Å². The van der Waals surface area contributed by atoms with Gasteiger partial charge in [0, 0.05) is 37.3 Å². The van der Waals surface area contributed by atoms with Gasteiger partial charge in [-0.25, -0.2) is 4.98 Å². The van der Waals surface area contributed by atoms with E-state index < -0.39 is 0 Å². The van der Waals surface area contributed by atoms with Crippen LogP contribution in [0.25, 0.3) is 0 Å². The summed E-state index contributed by atoms with van der Waals surface area (Å²) in [5.41, 5.74) is 2.54. The van der Waals surface area contributed by atoms with E-state index in [4.69, 9.17) is 4.42 Å². The van der Waals surface area contributed by atoms with Crippen LogP contribution in [0.2, 0.25) is 0 Å². The number of nitrogens with one attached hydrogen (secondary N) is 2. The number of oxazole rings is 1. The summed E-state index contributed by atoms with van der Waals surface area (Å²) in [7, 11) is 1.79. The molecular weight excluding hydrogens is 338 g/mol. The van der Waals surface area contributed by atoms with Crippen LogP contribution in [-0.4, -0.2) is 37.1 Å². The minimum atomic E-state index is -0.0333. The first-order chi connectivity index (χ1) is 12.8. The minimum absolute atomic E-state index is 0.0333. The average molecular weight is 370 g/mol. The lowest BCUT2D eigenvalue weighted by Gasteiger charge is -2.20. The van der Waals surface area contributed by atoms with Gasteiger partial charge < -0.3 is 20.0 Å². The molecule has 0 bridgehead atoms. The first-order valence-electron chi connectivity index (χ1n) is 9.59. The Bertz CT molecular complexity index is 773. The van der Waals surface area contributed by atoms with E-state index in [-0.39, 0.29) is 5.41 Å². The predicted molar refractivity (Wildman–Crippen MR) is 110 cm³/mol. The Morgan fingerprint density at radius 1 is 1.30 bits per heavy atom. The molecule has 1 unspecified atom stereocenters. The molecular formula is C21H31N5O. The van der Waals surface area contributed by atoms with E-state index >= 15 is 0 Å². The van der Waals surface area contributed by atoms with Crippen molar-refractivity contribution in [2.24, 2.45) is 4.99 Å². The molecule has 146 valence electrons. The second-order valence-corrected chi connectivity index (χ2v) is 8.21. The van der Waals surface area contributed by atoms with Crippen molar-refractivity contribution in [3.63, 3.8) is 0 Å². The second kappa shape index (κ2) is 8.03. The molecule has 1 saturated heterocycles. The zero-order chi connectivity index (χ0) is 19.4. The Morgan fingerprint density at radius 2 is 2.04 bits per heavy atom. The number of hydrogen-bond acceptors (Lipinski definition) is 4. The van der Waals surface area contributed by atoms with Gasteiger partial charge in [0.05, 0.1) is 12.7 Å². The molecule has 3 rings (SSSR count). The van der Waals surface area contributed by atoms with Crippen molar-refractivity contribution in [3.05, 3.63) is 47.7 Å². The van der Waals surface area contributed by atoms with E-state index in [2.05, 4.69) is 77.5 Å². The van der Waals surface area contributed by atoms with Gasteiger partial charge in [-0.15, -0.1) is 0 Å². The molecule has 27 heavy (non-hydrogen) atoms. The number of aliphatic imine (C=N–C) groups is 1. The summed E-state index contributed by atoms with van der Waals surface area (Å²) < 4.78 is 5.83. The van der Waals surface area contributed by atoms with Crippen LogP contribution in [-0.2, 0) is 12.0 Å². The van der Waals surface area contributed by atoms with Crippen LogP contribution in [0.15, 0.2) is 39.9 Å². The molecule has 1 aliphatic rings. The molecule has 6 heteroatoms. The summed E-state index contributed by atoms with van der Waals surface area (Å²) in [6, 6.07) is 9.09. The minimum Gasteiger partial charge on any atom is -0.443 e. The molecule has 0 amide bonds. The van der Waals surface area contributed by atoms with Crippen LogP contribution in [0, 0.1) is 6.92 Å². The SMILES string of the molecule is CN=C(NCc1ncc(C(C)(C)C)o1)NC1CCN(c2ccc(C)cc2)C1. The Labute approximate surface area is 162 Å². The number of rotatable bonds is 4. The largest absolute Gasteiger partial charge is 0.443 e. The van der Waals surface area contributed by atoms with Gasteiger partial charge in [-0.2, -0.15) is 0 Å². The maximum atomic E-state index is 5.83. The van der Waals surface area contributed by atoms with Crippen LogP contribution < -0.4 is 15.5 Å². The van der Waals surface area contributed by atoms with Crippen molar-refractivity contribution in [1.82, 2.24) is 15.6 Å². The highest BCUT2D eigenvalue weighted by molar-refractivity contribution is 5.80. The number of hydrogen-bond donors (Lipinski definition) is 2. The van der Waals surface area contributed by atoms with E-state index in [0.717, 1.165) is 31.2 Å². The quantitative estimate of drug-likeness (QED) is 0.640. The highest BCUT2D eigenvalue weighted by atomic mass is 16.4. The van der Waals surface area contributed by atoms with Gasteiger partial charge in [-0.1, -0.05) is 38.5 Å². The van der Waals surface area contributed by atoms with Gasteiger partial charge in [0.2, 0.25) is 5.89 Å². The van der Waals surface area contributed by atoms with Crippen molar-refractivity contribution in [1.29, 1.82) is 0 Å². The maximum absolute atomic E-state index is 5.83. The maximum Gasteiger partial charge on any atom is 0.213 e. The zero-order valence-electron chi connectivity index (χ0n) is 17.0. The van der Waals surface area contributed by atoms with Crippen LogP contribution in [0.3, 0.4) is 0 Å². The van der Waals surface area contributed by atoms with Crippen molar-refractivity contribution in [2.75, 3.05) is 25.0 Å². The fraction of sp³-hybridized carbons (Fsp3) is 0.524. The molecule has 0 aliphatic carbocycles. The van der Waals surface area contributed by atoms with E-state index in [9.17, 15) is 0 Å². The number of benzene rings is 1. The first-order valence-corrected chi connectivity index (χ1v) is 9.59. The summed E-state index contributed by atoms with van der Waals surface area (Å²) in [5, 5.41) is 6.82. The lowest BCUT2D eigenvalue weighted by molar-refractivity contribution is 0.379. The van der Waals surface area contributed by atoms with E-state index in [1.54, 1.807) is 7.05 Å². The summed E-state index contributed by atoms with van der Waals surface area (Å²) >= 11 is 0. The first kappa shape index (κ1) is 19.3. The molecule has 2 aromatic rings. The Hall–Kier alpha value is -2.50. The molecule has 0 spiro atoms. The number of guanidine groups is 1. The molecule has 2 N–H and O–H groups in total. The lowest BCUT2D eigenvalue weighted by Crippen LogP contribution is -2.44. The topological polar surface area (TPSA) is 65.7 Å². The summed E-state index contributed by atoms with van der Waals surface area (Å²) in [6.45, 7) is 11.0. The number of anilines is 1. The van der Waals surface area contributed by atoms with Crippen molar-refractivity contribution < 1.29 is 4.42 Å². The second-order valence-electron chi connectivity index (χ2n) is 8.21. The number of nitrogens with zero attached hydrogens (tertiary/aromatic N) is 3. The summed E-state index contributed by atoms with van der Waals surface area (Å²) in [6.07, 6.45) is 2.89. The van der Waals surface area contributed by atoms with Gasteiger partial charge in [0.15, 0.2) is 5.96 Å². The normalized spacial score (nSPS) is 18.0. The van der Waals surface area contributed by atoms with E-state index in [1.807, 2.05) is 6.20 Å². The molecule has 1 aromatic heterocycles. The predicted octanol–water partition coefficient (Wildman–Crippen LogP) is 3.22. The van der Waals surface area contributed by atoms with E-state index in [0.29, 0.717) is 18.5 Å². The van der Waals surface area contributed by atoms with Gasteiger partial charge in [0.25, 0.3) is 0 Å². The van der Waals surface area contributed by atoms with Gasteiger partial charge in [0.1, 0.15) is 5.76 Å². The fourth-order valence-corrected chi connectivity index (χ4v) is 3.15. The number of aryl methyl sites for hydroxylation is 1. The standard InChI is InChI=1S/C21H31N5O/c1-15-6-8-17(9-7-15)26-11-10-16(14-26)25-20(22-5)24-13-19-23-12-18(27-19)21(2,3)4/h6-9,12,16H,10-11,13-14H2,1-5H3,(H2,22,24,25). The summed E-state index contributed by atoms with van der Waals surface area (Å²) in [5.74, 6) is 2.35. The fourth-order valence-electron chi connectivity index (χ4n) is 3.15. The molecule has 1 atom stereocenters. The number of aromatic nitrogens is 1. The highest BCUT2D eigenvalue weighted by Gasteiger charge is 2.24. The van der Waals surface area contributed by atoms with Crippen molar-refractivity contribution >= 4 is 11.6 Å². The van der Waals surface area contributed by atoms with E-state index in [1.165, 1.54) is 11.3 Å². The molecule has 6 nitrogen and oxygen atoms in total. The highest BCUT2D eigenvalue weighted by Crippen LogP contribution is 2.23. The monoisotopic (exact) mass is 369 g/mol. The Kier molecular flexibility index (Phi) is 5.73.